The zero-order chi connectivity index (χ0) is 16.9. The summed E-state index contributed by atoms with van der Waals surface area (Å²) in [4.78, 5) is 20.0. The Hall–Kier alpha value is -2.12. The van der Waals surface area contributed by atoms with Crippen molar-refractivity contribution in [3.8, 4) is 0 Å². The van der Waals surface area contributed by atoms with Gasteiger partial charge in [-0.25, -0.2) is 4.98 Å². The second-order valence-corrected chi connectivity index (χ2v) is 6.41. The minimum Gasteiger partial charge on any atom is -0.468 e. The van der Waals surface area contributed by atoms with Crippen LogP contribution in [0.5, 0.6) is 0 Å². The zero-order valence-corrected chi connectivity index (χ0v) is 14.2. The van der Waals surface area contributed by atoms with Crippen molar-refractivity contribution >= 4 is 5.91 Å². The Balaban J connectivity index is 1.62. The lowest BCUT2D eigenvalue weighted by molar-refractivity contribution is -0.134. The molecule has 1 amide bonds. The molecule has 0 aliphatic carbocycles. The molecule has 7 nitrogen and oxygen atoms in total. The van der Waals surface area contributed by atoms with E-state index in [0.29, 0.717) is 12.5 Å². The number of ether oxygens (including phenoxy) is 1. The monoisotopic (exact) mass is 332 g/mol. The average molecular weight is 332 g/mol. The number of aromatic nitrogens is 2. The van der Waals surface area contributed by atoms with E-state index in [1.165, 1.54) is 0 Å². The summed E-state index contributed by atoms with van der Waals surface area (Å²) < 4.78 is 13.3. The van der Waals surface area contributed by atoms with Gasteiger partial charge < -0.3 is 18.6 Å². The third kappa shape index (κ3) is 4.24. The summed E-state index contributed by atoms with van der Waals surface area (Å²) in [6.07, 6.45) is 5.53. The van der Waals surface area contributed by atoms with E-state index >= 15 is 0 Å². The van der Waals surface area contributed by atoms with Crippen LogP contribution in [0, 0.1) is 5.92 Å². The first-order chi connectivity index (χ1) is 11.6. The molecule has 24 heavy (non-hydrogen) atoms. The molecule has 0 bridgehead atoms. The Morgan fingerprint density at radius 2 is 2.33 bits per heavy atom. The van der Waals surface area contributed by atoms with Crippen LogP contribution in [0.1, 0.15) is 11.6 Å². The Labute approximate surface area is 141 Å². The van der Waals surface area contributed by atoms with E-state index in [-0.39, 0.29) is 12.5 Å². The maximum atomic E-state index is 11.6. The first-order valence-corrected chi connectivity index (χ1v) is 8.14. The summed E-state index contributed by atoms with van der Waals surface area (Å²) >= 11 is 0. The van der Waals surface area contributed by atoms with Gasteiger partial charge in [0.2, 0.25) is 5.91 Å². The van der Waals surface area contributed by atoms with Gasteiger partial charge in [-0.2, -0.15) is 0 Å². The highest BCUT2D eigenvalue weighted by atomic mass is 16.5. The van der Waals surface area contributed by atoms with Gasteiger partial charge in [0.25, 0.3) is 0 Å². The van der Waals surface area contributed by atoms with Crippen LogP contribution < -0.4 is 0 Å². The fraction of sp³-hybridized carbons (Fsp3) is 0.529. The highest BCUT2D eigenvalue weighted by Gasteiger charge is 2.23. The van der Waals surface area contributed by atoms with Crippen LogP contribution in [-0.2, 0) is 29.2 Å². The van der Waals surface area contributed by atoms with Crippen molar-refractivity contribution < 1.29 is 13.9 Å². The molecule has 2 aromatic rings. The molecule has 0 fully saturated rings. The molecule has 0 N–H and O–H groups in total. The van der Waals surface area contributed by atoms with Crippen molar-refractivity contribution in [2.75, 3.05) is 33.9 Å². The maximum Gasteiger partial charge on any atom is 0.248 e. The van der Waals surface area contributed by atoms with Gasteiger partial charge >= 0.3 is 0 Å². The van der Waals surface area contributed by atoms with Gasteiger partial charge in [-0.15, -0.1) is 0 Å². The number of hydrogen-bond acceptors (Lipinski definition) is 5. The Morgan fingerprint density at radius 1 is 1.46 bits per heavy atom. The molecular formula is C17H24N4O3. The highest BCUT2D eigenvalue weighted by Crippen LogP contribution is 2.18. The first-order valence-electron chi connectivity index (χ1n) is 8.14. The number of nitrogens with zero attached hydrogens (tertiary/aromatic N) is 4. The number of furan rings is 1. The topological polar surface area (TPSA) is 63.7 Å². The van der Waals surface area contributed by atoms with E-state index in [1.54, 1.807) is 25.3 Å². The largest absolute Gasteiger partial charge is 0.468 e. The molecule has 3 rings (SSSR count). The van der Waals surface area contributed by atoms with Gasteiger partial charge in [0.15, 0.2) is 0 Å². The van der Waals surface area contributed by atoms with E-state index in [0.717, 1.165) is 37.8 Å². The van der Waals surface area contributed by atoms with E-state index in [9.17, 15) is 4.79 Å². The molecule has 1 aliphatic rings. The third-order valence-electron chi connectivity index (χ3n) is 4.18. The van der Waals surface area contributed by atoms with Gasteiger partial charge in [0.1, 0.15) is 18.2 Å². The zero-order valence-electron chi connectivity index (χ0n) is 14.2. The summed E-state index contributed by atoms with van der Waals surface area (Å²) in [6.45, 7) is 3.92. The minimum atomic E-state index is -0.0145. The predicted molar refractivity (Wildman–Crippen MR) is 88.1 cm³/mol. The Morgan fingerprint density at radius 3 is 3.08 bits per heavy atom. The molecule has 130 valence electrons. The molecule has 1 atom stereocenters. The Bertz CT molecular complexity index is 651. The van der Waals surface area contributed by atoms with E-state index in [1.807, 2.05) is 24.5 Å². The number of hydrogen-bond donors (Lipinski definition) is 0. The van der Waals surface area contributed by atoms with Crippen LogP contribution in [-0.4, -0.2) is 59.1 Å². The van der Waals surface area contributed by atoms with E-state index in [4.69, 9.17) is 9.15 Å². The van der Waals surface area contributed by atoms with Crippen LogP contribution in [0.2, 0.25) is 0 Å². The second-order valence-electron chi connectivity index (χ2n) is 6.41. The highest BCUT2D eigenvalue weighted by molar-refractivity contribution is 5.76. The standard InChI is InChI=1S/C17H24N4O3/c1-19(2)17(22)13-23-12-14-8-20(10-15-4-3-7-24-15)11-16-18-5-6-21(16)9-14/h3-7,14H,8-13H2,1-2H3. The lowest BCUT2D eigenvalue weighted by Crippen LogP contribution is -2.32. The first kappa shape index (κ1) is 16.7. The molecule has 1 aliphatic heterocycles. The number of carbonyl (C=O) groups is 1. The smallest absolute Gasteiger partial charge is 0.248 e. The lowest BCUT2D eigenvalue weighted by atomic mass is 10.1. The molecule has 1 unspecified atom stereocenters. The summed E-state index contributed by atoms with van der Waals surface area (Å²) in [7, 11) is 3.47. The van der Waals surface area contributed by atoms with E-state index < -0.39 is 0 Å². The van der Waals surface area contributed by atoms with Crippen molar-refractivity contribution in [1.29, 1.82) is 0 Å². The van der Waals surface area contributed by atoms with E-state index in [2.05, 4.69) is 14.5 Å². The van der Waals surface area contributed by atoms with Crippen LogP contribution in [0.4, 0.5) is 0 Å². The van der Waals surface area contributed by atoms with Gasteiger partial charge in [0.05, 0.1) is 26.0 Å². The number of rotatable bonds is 6. The summed E-state index contributed by atoms with van der Waals surface area (Å²) in [5, 5.41) is 0. The van der Waals surface area contributed by atoms with Crippen LogP contribution >= 0.6 is 0 Å². The average Bonchev–Trinajstić information content (AvgIpc) is 3.16. The summed E-state index contributed by atoms with van der Waals surface area (Å²) in [6, 6.07) is 3.89. The molecule has 0 spiro atoms. The number of amides is 1. The predicted octanol–water partition coefficient (Wildman–Crippen LogP) is 1.21. The third-order valence-corrected chi connectivity index (χ3v) is 4.18. The molecule has 3 heterocycles. The van der Waals surface area contributed by atoms with Crippen LogP contribution in [0.3, 0.4) is 0 Å². The number of likely N-dealkylation sites (N-methyl/N-ethyl adjacent to an activating group) is 1. The second kappa shape index (κ2) is 7.63. The summed E-state index contributed by atoms with van der Waals surface area (Å²) in [5.41, 5.74) is 0. The van der Waals surface area contributed by atoms with Crippen molar-refractivity contribution in [1.82, 2.24) is 19.4 Å². The maximum absolute atomic E-state index is 11.6. The molecule has 7 heteroatoms. The van der Waals surface area contributed by atoms with Gasteiger partial charge in [-0.3, -0.25) is 9.69 Å². The van der Waals surface area contributed by atoms with Crippen LogP contribution in [0.15, 0.2) is 35.2 Å². The molecule has 0 saturated heterocycles. The fourth-order valence-electron chi connectivity index (χ4n) is 2.91. The number of carbonyl (C=O) groups excluding carboxylic acids is 1. The van der Waals surface area contributed by atoms with Crippen molar-refractivity contribution in [2.24, 2.45) is 5.92 Å². The lowest BCUT2D eigenvalue weighted by Gasteiger charge is -2.23. The fourth-order valence-corrected chi connectivity index (χ4v) is 2.91. The van der Waals surface area contributed by atoms with Gasteiger partial charge in [-0.1, -0.05) is 0 Å². The summed E-state index contributed by atoms with van der Waals surface area (Å²) in [5.74, 6) is 2.27. The van der Waals surface area contributed by atoms with Crippen molar-refractivity contribution in [3.05, 3.63) is 42.4 Å². The van der Waals surface area contributed by atoms with Crippen LogP contribution in [0.25, 0.3) is 0 Å². The molecule has 0 aromatic carbocycles. The molecular weight excluding hydrogens is 308 g/mol. The van der Waals surface area contributed by atoms with Crippen molar-refractivity contribution in [2.45, 2.75) is 19.6 Å². The van der Waals surface area contributed by atoms with Crippen molar-refractivity contribution in [3.63, 3.8) is 0 Å². The minimum absolute atomic E-state index is 0.0145. The van der Waals surface area contributed by atoms with Gasteiger partial charge in [-0.05, 0) is 12.1 Å². The molecule has 2 aromatic heterocycles. The Kier molecular flexibility index (Phi) is 5.32. The number of fused-ring (bicyclic) bond motifs is 1. The normalized spacial score (nSPS) is 18.2. The molecule has 0 radical (unpaired) electrons. The quantitative estimate of drug-likeness (QED) is 0.796. The number of imidazole rings is 1. The molecule has 0 saturated carbocycles. The SMILES string of the molecule is CN(C)C(=O)COCC1CN(Cc2ccco2)Cc2nccn2C1. The van der Waals surface area contributed by atoms with Gasteiger partial charge in [0, 0.05) is 45.5 Å².